The van der Waals surface area contributed by atoms with Gasteiger partial charge in [-0.25, -0.2) is 4.79 Å². The Morgan fingerprint density at radius 1 is 1.15 bits per heavy atom. The van der Waals surface area contributed by atoms with E-state index in [0.717, 1.165) is 19.3 Å². The molecule has 116 valence electrons. The van der Waals surface area contributed by atoms with Gasteiger partial charge in [-0.2, -0.15) is 0 Å². The predicted molar refractivity (Wildman–Crippen MR) is 76.3 cm³/mol. The van der Waals surface area contributed by atoms with E-state index >= 15 is 0 Å². The van der Waals surface area contributed by atoms with Gasteiger partial charge < -0.3 is 10.0 Å². The number of hydrogen-bond donors (Lipinski definition) is 2. The van der Waals surface area contributed by atoms with Crippen LogP contribution in [0.1, 0.15) is 52.9 Å². The second-order valence-electron chi connectivity index (χ2n) is 5.89. The van der Waals surface area contributed by atoms with Crippen molar-refractivity contribution in [2.24, 2.45) is 5.41 Å². The van der Waals surface area contributed by atoms with Crippen molar-refractivity contribution in [3.63, 3.8) is 0 Å². The molecule has 0 bridgehead atoms. The highest BCUT2D eigenvalue weighted by Crippen LogP contribution is 2.24. The third-order valence-corrected chi connectivity index (χ3v) is 2.96. The Hall–Kier alpha value is -1.59. The average Bonchev–Trinajstić information content (AvgIpc) is 2.25. The lowest BCUT2D eigenvalue weighted by Crippen LogP contribution is -2.42. The van der Waals surface area contributed by atoms with Crippen LogP contribution in [-0.2, 0) is 9.59 Å². The number of nitrogens with one attached hydrogen (secondary N) is 1. The van der Waals surface area contributed by atoms with Crippen LogP contribution in [0, 0.1) is 5.41 Å². The Labute approximate surface area is 120 Å². The van der Waals surface area contributed by atoms with Crippen LogP contribution in [0.15, 0.2) is 0 Å². The molecule has 0 unspecified atom stereocenters. The van der Waals surface area contributed by atoms with Gasteiger partial charge in [0.1, 0.15) is 0 Å². The van der Waals surface area contributed by atoms with E-state index in [0.29, 0.717) is 6.54 Å². The number of aliphatic carboxylic acids is 1. The van der Waals surface area contributed by atoms with Crippen LogP contribution < -0.4 is 5.32 Å². The monoisotopic (exact) mass is 286 g/mol. The molecule has 0 aromatic carbocycles. The van der Waals surface area contributed by atoms with Gasteiger partial charge in [-0.3, -0.25) is 14.9 Å². The number of imide groups is 1. The summed E-state index contributed by atoms with van der Waals surface area (Å²) in [5, 5.41) is 11.0. The van der Waals surface area contributed by atoms with Gasteiger partial charge >= 0.3 is 12.0 Å². The van der Waals surface area contributed by atoms with Crippen molar-refractivity contribution in [3.05, 3.63) is 0 Å². The Morgan fingerprint density at radius 3 is 2.25 bits per heavy atom. The fourth-order valence-corrected chi connectivity index (χ4v) is 1.87. The summed E-state index contributed by atoms with van der Waals surface area (Å²) in [6.07, 6.45) is 2.91. The minimum Gasteiger partial charge on any atom is -0.481 e. The minimum atomic E-state index is -0.953. The first-order valence-corrected chi connectivity index (χ1v) is 6.94. The maximum Gasteiger partial charge on any atom is 0.323 e. The molecular formula is C14H26N2O4. The van der Waals surface area contributed by atoms with E-state index in [1.165, 1.54) is 4.90 Å². The molecule has 0 spiro atoms. The number of carboxylic acids is 1. The van der Waals surface area contributed by atoms with Crippen molar-refractivity contribution < 1.29 is 19.5 Å². The van der Waals surface area contributed by atoms with E-state index in [1.54, 1.807) is 20.9 Å². The summed E-state index contributed by atoms with van der Waals surface area (Å²) < 4.78 is 0. The highest BCUT2D eigenvalue weighted by molar-refractivity contribution is 5.94. The lowest BCUT2D eigenvalue weighted by atomic mass is 9.85. The molecule has 0 aromatic rings. The molecule has 6 heteroatoms. The number of urea groups is 1. The van der Waals surface area contributed by atoms with E-state index in [9.17, 15) is 14.4 Å². The molecule has 0 atom stereocenters. The Balaban J connectivity index is 4.19. The van der Waals surface area contributed by atoms with Gasteiger partial charge in [-0.1, -0.05) is 33.6 Å². The van der Waals surface area contributed by atoms with Crippen LogP contribution in [-0.4, -0.2) is 41.5 Å². The second-order valence-corrected chi connectivity index (χ2v) is 5.89. The second kappa shape index (κ2) is 8.55. The fraction of sp³-hybridized carbons (Fsp3) is 0.786. The number of rotatable bonds is 8. The van der Waals surface area contributed by atoms with E-state index in [1.807, 2.05) is 0 Å². The first kappa shape index (κ1) is 18.4. The van der Waals surface area contributed by atoms with Crippen LogP contribution in [0.5, 0.6) is 0 Å². The van der Waals surface area contributed by atoms with E-state index in [4.69, 9.17) is 5.11 Å². The molecule has 2 N–H and O–H groups in total. The first-order valence-electron chi connectivity index (χ1n) is 6.94. The van der Waals surface area contributed by atoms with Crippen molar-refractivity contribution in [3.8, 4) is 0 Å². The quantitative estimate of drug-likeness (QED) is 0.670. The molecule has 0 radical (unpaired) electrons. The molecule has 0 aliphatic carbocycles. The predicted octanol–water partition coefficient (Wildman–Crippen LogP) is 2.24. The van der Waals surface area contributed by atoms with Crippen LogP contribution in [0.4, 0.5) is 4.79 Å². The molecule has 0 fully saturated rings. The van der Waals surface area contributed by atoms with Crippen molar-refractivity contribution in [1.82, 2.24) is 10.2 Å². The average molecular weight is 286 g/mol. The topological polar surface area (TPSA) is 86.7 Å². The summed E-state index contributed by atoms with van der Waals surface area (Å²) in [6, 6.07) is -0.433. The smallest absolute Gasteiger partial charge is 0.323 e. The van der Waals surface area contributed by atoms with Crippen molar-refractivity contribution in [1.29, 1.82) is 0 Å². The van der Waals surface area contributed by atoms with Crippen LogP contribution in [0.25, 0.3) is 0 Å². The molecule has 0 saturated heterocycles. The lowest BCUT2D eigenvalue weighted by molar-refractivity contribution is -0.139. The van der Waals surface area contributed by atoms with E-state index in [-0.39, 0.29) is 12.8 Å². The summed E-state index contributed by atoms with van der Waals surface area (Å²) in [4.78, 5) is 35.6. The molecular weight excluding hydrogens is 260 g/mol. The Kier molecular flexibility index (Phi) is 7.87. The van der Waals surface area contributed by atoms with Gasteiger partial charge in [0.05, 0.1) is 6.42 Å². The van der Waals surface area contributed by atoms with Gasteiger partial charge in [0.15, 0.2) is 0 Å². The summed E-state index contributed by atoms with van der Waals surface area (Å²) in [5.74, 6) is -1.39. The van der Waals surface area contributed by atoms with Crippen LogP contribution in [0.3, 0.4) is 0 Å². The number of amides is 3. The van der Waals surface area contributed by atoms with Crippen molar-refractivity contribution in [2.45, 2.75) is 52.9 Å². The van der Waals surface area contributed by atoms with Gasteiger partial charge in [0, 0.05) is 20.0 Å². The molecule has 3 amide bonds. The fourth-order valence-electron chi connectivity index (χ4n) is 1.87. The number of hydrogen-bond acceptors (Lipinski definition) is 3. The number of unbranched alkanes of at least 4 members (excludes halogenated alkanes) is 2. The molecule has 0 aliphatic heterocycles. The normalized spacial score (nSPS) is 11.0. The molecule has 0 aliphatic rings. The summed E-state index contributed by atoms with van der Waals surface area (Å²) in [5.41, 5.74) is -0.670. The van der Waals surface area contributed by atoms with Gasteiger partial charge in [-0.15, -0.1) is 0 Å². The minimum absolute atomic E-state index is 0.00778. The van der Waals surface area contributed by atoms with Gasteiger partial charge in [0.25, 0.3) is 0 Å². The third-order valence-electron chi connectivity index (χ3n) is 2.96. The highest BCUT2D eigenvalue weighted by Gasteiger charge is 2.26. The van der Waals surface area contributed by atoms with Crippen LogP contribution in [0.2, 0.25) is 0 Å². The number of carbonyl (C=O) groups excluding carboxylic acids is 2. The SMILES string of the molecule is CCCCCN(C)C(=O)NC(=O)CC(C)(C)CC(=O)O. The first-order chi connectivity index (χ1) is 9.18. The molecule has 0 aromatic heterocycles. The van der Waals surface area contributed by atoms with E-state index < -0.39 is 23.3 Å². The van der Waals surface area contributed by atoms with Gasteiger partial charge in [0.2, 0.25) is 5.91 Å². The largest absolute Gasteiger partial charge is 0.481 e. The Morgan fingerprint density at radius 2 is 1.75 bits per heavy atom. The maximum absolute atomic E-state index is 11.7. The van der Waals surface area contributed by atoms with Crippen molar-refractivity contribution in [2.75, 3.05) is 13.6 Å². The molecule has 0 saturated carbocycles. The van der Waals surface area contributed by atoms with Crippen LogP contribution >= 0.6 is 0 Å². The molecule has 0 rings (SSSR count). The standard InChI is InChI=1S/C14H26N2O4/c1-5-6-7-8-16(4)13(20)15-11(17)9-14(2,3)10-12(18)19/h5-10H2,1-4H3,(H,18,19)(H,15,17,20). The summed E-state index contributed by atoms with van der Waals surface area (Å²) in [7, 11) is 1.64. The zero-order chi connectivity index (χ0) is 15.8. The lowest BCUT2D eigenvalue weighted by Gasteiger charge is -2.22. The number of carboxylic acid groups (broad SMARTS) is 1. The zero-order valence-electron chi connectivity index (χ0n) is 12.9. The summed E-state index contributed by atoms with van der Waals surface area (Å²) in [6.45, 7) is 6.06. The zero-order valence-corrected chi connectivity index (χ0v) is 12.9. The third kappa shape index (κ3) is 8.50. The number of carbonyl (C=O) groups is 3. The molecule has 6 nitrogen and oxygen atoms in total. The Bertz CT molecular complexity index is 353. The number of nitrogens with zero attached hydrogens (tertiary/aromatic N) is 1. The summed E-state index contributed by atoms with van der Waals surface area (Å²) >= 11 is 0. The molecule has 0 heterocycles. The molecule has 20 heavy (non-hydrogen) atoms. The highest BCUT2D eigenvalue weighted by atomic mass is 16.4. The van der Waals surface area contributed by atoms with E-state index in [2.05, 4.69) is 12.2 Å². The maximum atomic E-state index is 11.7. The van der Waals surface area contributed by atoms with Gasteiger partial charge in [-0.05, 0) is 11.8 Å². The van der Waals surface area contributed by atoms with Crippen molar-refractivity contribution >= 4 is 17.9 Å².